The van der Waals surface area contributed by atoms with Gasteiger partial charge in [0, 0.05) is 0 Å². The molecule has 0 saturated carbocycles. The Bertz CT molecular complexity index is 239. The van der Waals surface area contributed by atoms with E-state index < -0.39 is 44.5 Å². The summed E-state index contributed by atoms with van der Waals surface area (Å²) >= 11 is 0. The molecule has 0 amide bonds. The second kappa shape index (κ2) is 5.85. The van der Waals surface area contributed by atoms with E-state index in [1.165, 1.54) is 0 Å². The van der Waals surface area contributed by atoms with Gasteiger partial charge in [-0.2, -0.15) is 0 Å². The zero-order valence-electron chi connectivity index (χ0n) is 9.66. The van der Waals surface area contributed by atoms with Gasteiger partial charge >= 0.3 is 0 Å². The van der Waals surface area contributed by atoms with Gasteiger partial charge in [-0.15, -0.1) is 0 Å². The van der Waals surface area contributed by atoms with Gasteiger partial charge in [0.05, 0.1) is 14.7 Å². The Kier molecular flexibility index (Phi) is 5.74. The number of ketones is 1. The maximum atomic E-state index is 11.5. The number of aliphatic hydroxyl groups excluding tert-OH is 5. The number of rotatable bonds is 6. The molecule has 4 atom stereocenters. The van der Waals surface area contributed by atoms with Crippen LogP contribution in [-0.4, -0.2) is 70.0 Å². The Morgan fingerprint density at radius 1 is 1.12 bits per heavy atom. The Morgan fingerprint density at radius 2 is 1.56 bits per heavy atom. The molecular weight excluding hydrogens is 232 g/mol. The molecule has 5 N–H and O–H groups in total. The van der Waals surface area contributed by atoms with Crippen LogP contribution < -0.4 is 0 Å². The fraction of sp³-hybridized carbons (Fsp3) is 0.889. The van der Waals surface area contributed by atoms with E-state index in [2.05, 4.69) is 0 Å². The average Bonchev–Trinajstić information content (AvgIpc) is 2.22. The van der Waals surface area contributed by atoms with E-state index in [1.807, 2.05) is 0 Å². The number of hydrogen-bond acceptors (Lipinski definition) is 6. The molecule has 0 aliphatic rings. The van der Waals surface area contributed by atoms with E-state index in [4.69, 9.17) is 10.2 Å². The molecule has 0 bridgehead atoms. The van der Waals surface area contributed by atoms with E-state index in [9.17, 15) is 20.1 Å². The maximum Gasteiger partial charge on any atom is 0.188 e. The maximum absolute atomic E-state index is 11.5. The zero-order valence-corrected chi connectivity index (χ0v) is 10.7. The first kappa shape index (κ1) is 15.7. The van der Waals surface area contributed by atoms with E-state index in [-0.39, 0.29) is 0 Å². The molecule has 0 rings (SSSR count). The fourth-order valence-electron chi connectivity index (χ4n) is 1.08. The molecule has 0 heterocycles. The van der Waals surface area contributed by atoms with Crippen LogP contribution in [0.3, 0.4) is 0 Å². The second-order valence-corrected chi connectivity index (χ2v) is 10.1. The third kappa shape index (κ3) is 3.93. The van der Waals surface area contributed by atoms with Crippen molar-refractivity contribution in [3.8, 4) is 0 Å². The molecule has 6 nitrogen and oxygen atoms in total. The zero-order chi connectivity index (χ0) is 13.1. The summed E-state index contributed by atoms with van der Waals surface area (Å²) in [4.78, 5) is 11.5. The van der Waals surface area contributed by atoms with Crippen molar-refractivity contribution in [2.75, 3.05) is 6.61 Å². The predicted octanol–water partition coefficient (Wildman–Crippen LogP) is -2.13. The molecule has 0 aromatic heterocycles. The van der Waals surface area contributed by atoms with Gasteiger partial charge in [-0.1, -0.05) is 19.6 Å². The van der Waals surface area contributed by atoms with Gasteiger partial charge in [-0.25, -0.2) is 0 Å². The molecule has 0 radical (unpaired) electrons. The number of Topliss-reactive ketones (excluding diaryl/α,β-unsaturated/α-hetero) is 1. The Morgan fingerprint density at radius 3 is 1.88 bits per heavy atom. The minimum Gasteiger partial charge on any atom is -0.394 e. The van der Waals surface area contributed by atoms with Crippen LogP contribution in [0.4, 0.5) is 0 Å². The lowest BCUT2D eigenvalue weighted by molar-refractivity contribution is -0.145. The highest BCUT2D eigenvalue weighted by molar-refractivity contribution is 6.80. The molecule has 16 heavy (non-hydrogen) atoms. The van der Waals surface area contributed by atoms with Gasteiger partial charge < -0.3 is 25.5 Å². The topological polar surface area (TPSA) is 118 Å². The Hall–Kier alpha value is -0.313. The van der Waals surface area contributed by atoms with Crippen LogP contribution in [0, 0.1) is 0 Å². The van der Waals surface area contributed by atoms with Crippen molar-refractivity contribution < 1.29 is 30.3 Å². The van der Waals surface area contributed by atoms with E-state index in [0.717, 1.165) is 0 Å². The molecule has 0 fully saturated rings. The molecule has 0 aromatic carbocycles. The minimum atomic E-state index is -2.19. The lowest BCUT2D eigenvalue weighted by Gasteiger charge is -2.27. The van der Waals surface area contributed by atoms with Crippen molar-refractivity contribution in [3.63, 3.8) is 0 Å². The van der Waals surface area contributed by atoms with Crippen molar-refractivity contribution in [3.05, 3.63) is 0 Å². The summed E-state index contributed by atoms with van der Waals surface area (Å²) in [7, 11) is -2.19. The van der Waals surface area contributed by atoms with Crippen LogP contribution in [0.2, 0.25) is 19.6 Å². The fourth-order valence-corrected chi connectivity index (χ4v) is 2.10. The van der Waals surface area contributed by atoms with Crippen molar-refractivity contribution in [2.45, 2.75) is 43.7 Å². The first-order chi connectivity index (χ1) is 7.12. The smallest absolute Gasteiger partial charge is 0.188 e. The monoisotopic (exact) mass is 252 g/mol. The molecule has 0 aromatic rings. The summed E-state index contributed by atoms with van der Waals surface area (Å²) in [5, 5.41) is 45.9. The van der Waals surface area contributed by atoms with Crippen LogP contribution in [-0.2, 0) is 4.79 Å². The van der Waals surface area contributed by atoms with Crippen LogP contribution >= 0.6 is 0 Å². The molecule has 0 aliphatic heterocycles. The van der Waals surface area contributed by atoms with Crippen molar-refractivity contribution in [1.82, 2.24) is 0 Å². The van der Waals surface area contributed by atoms with Gasteiger partial charge in [-0.3, -0.25) is 4.79 Å². The largest absolute Gasteiger partial charge is 0.394 e. The van der Waals surface area contributed by atoms with Crippen LogP contribution in [0.1, 0.15) is 0 Å². The third-order valence-corrected chi connectivity index (χ3v) is 4.21. The van der Waals surface area contributed by atoms with Gasteiger partial charge in [-0.05, 0) is 0 Å². The highest BCUT2D eigenvalue weighted by Crippen LogP contribution is 2.12. The first-order valence-electron chi connectivity index (χ1n) is 4.99. The van der Waals surface area contributed by atoms with Gasteiger partial charge in [0.2, 0.25) is 0 Å². The van der Waals surface area contributed by atoms with E-state index in [0.29, 0.717) is 0 Å². The number of carbonyl (C=O) groups excluding carboxylic acids is 1. The number of carbonyl (C=O) groups is 1. The minimum absolute atomic E-state index is 0.769. The number of hydrogen-bond donors (Lipinski definition) is 5. The lowest BCUT2D eigenvalue weighted by Crippen LogP contribution is -2.53. The summed E-state index contributed by atoms with van der Waals surface area (Å²) < 4.78 is 0. The average molecular weight is 252 g/mol. The van der Waals surface area contributed by atoms with E-state index in [1.54, 1.807) is 19.6 Å². The quantitative estimate of drug-likeness (QED) is 0.345. The SMILES string of the molecule is C[Si](C)(C)C(O)C(=O)[C@H](O)[C@@H](O)[C@H](O)CO. The normalized spacial score (nSPS) is 20.0. The summed E-state index contributed by atoms with van der Waals surface area (Å²) in [6.07, 6.45) is -5.28. The summed E-state index contributed by atoms with van der Waals surface area (Å²) in [6, 6.07) is 0. The summed E-state index contributed by atoms with van der Waals surface area (Å²) in [5.74, 6) is -0.917. The second-order valence-electron chi connectivity index (χ2n) is 4.86. The summed E-state index contributed by atoms with van der Waals surface area (Å²) in [5.41, 5.74) is -1.32. The Labute approximate surface area is 95.2 Å². The van der Waals surface area contributed by atoms with Crippen LogP contribution in [0.15, 0.2) is 0 Å². The molecule has 0 spiro atoms. The first-order valence-corrected chi connectivity index (χ1v) is 8.57. The van der Waals surface area contributed by atoms with Gasteiger partial charge in [0.25, 0.3) is 0 Å². The van der Waals surface area contributed by atoms with E-state index >= 15 is 0 Å². The predicted molar refractivity (Wildman–Crippen MR) is 59.5 cm³/mol. The lowest BCUT2D eigenvalue weighted by atomic mass is 10.1. The molecule has 0 saturated heterocycles. The highest BCUT2D eigenvalue weighted by atomic mass is 28.3. The molecule has 7 heteroatoms. The van der Waals surface area contributed by atoms with Crippen molar-refractivity contribution >= 4 is 13.9 Å². The van der Waals surface area contributed by atoms with Crippen molar-refractivity contribution in [1.29, 1.82) is 0 Å². The van der Waals surface area contributed by atoms with Gasteiger partial charge in [0.1, 0.15) is 24.0 Å². The van der Waals surface area contributed by atoms with Crippen molar-refractivity contribution in [2.24, 2.45) is 0 Å². The molecule has 0 aliphatic carbocycles. The Balaban J connectivity index is 4.62. The standard InChI is InChI=1S/C9H20O6Si/c1-16(2,3)9(15)8(14)7(13)6(12)5(11)4-10/h5-7,9-13,15H,4H2,1-3H3/t5-,6+,7-,9?/m1/s1. The third-order valence-electron chi connectivity index (χ3n) is 2.29. The number of aliphatic hydroxyl groups is 5. The highest BCUT2D eigenvalue weighted by Gasteiger charge is 2.39. The molecule has 96 valence electrons. The molecular formula is C9H20O6Si. The van der Waals surface area contributed by atoms with Crippen LogP contribution in [0.25, 0.3) is 0 Å². The van der Waals surface area contributed by atoms with Crippen LogP contribution in [0.5, 0.6) is 0 Å². The molecule has 1 unspecified atom stereocenters. The van der Waals surface area contributed by atoms with Gasteiger partial charge in [0.15, 0.2) is 5.78 Å². The summed E-state index contributed by atoms with van der Waals surface area (Å²) in [6.45, 7) is 4.43.